The molecule has 1 aromatic rings. The first-order valence-electron chi connectivity index (χ1n) is 7.78. The second-order valence-electron chi connectivity index (χ2n) is 6.87. The number of hydrogen-bond donors (Lipinski definition) is 1. The molecule has 0 saturated heterocycles. The first-order chi connectivity index (χ1) is 9.70. The summed E-state index contributed by atoms with van der Waals surface area (Å²) >= 11 is 0. The van der Waals surface area contributed by atoms with E-state index in [9.17, 15) is 5.11 Å². The van der Waals surface area contributed by atoms with Gasteiger partial charge in [0.1, 0.15) is 0 Å². The molecular weight excluding hydrogens is 252 g/mol. The zero-order valence-electron chi connectivity index (χ0n) is 11.9. The first kappa shape index (κ1) is 12.5. The zero-order valence-corrected chi connectivity index (χ0v) is 11.9. The van der Waals surface area contributed by atoms with Crippen LogP contribution in [0.25, 0.3) is 0 Å². The van der Waals surface area contributed by atoms with Crippen molar-refractivity contribution >= 4 is 0 Å². The molecule has 0 bridgehead atoms. The fourth-order valence-electron chi connectivity index (χ4n) is 3.74. The molecule has 4 unspecified atom stereocenters. The third-order valence-corrected chi connectivity index (χ3v) is 5.08. The molecule has 2 fully saturated rings. The summed E-state index contributed by atoms with van der Waals surface area (Å²) in [6.45, 7) is 3.49. The largest absolute Gasteiger partial charge is 0.489 e. The first-order valence-corrected chi connectivity index (χ1v) is 7.78. The van der Waals surface area contributed by atoms with Gasteiger partial charge in [0.2, 0.25) is 0 Å². The molecule has 0 radical (unpaired) electrons. The van der Waals surface area contributed by atoms with Gasteiger partial charge in [0.25, 0.3) is 0 Å². The minimum Gasteiger partial charge on any atom is -0.489 e. The molecule has 0 amide bonds. The van der Waals surface area contributed by atoms with Gasteiger partial charge in [-0.3, -0.25) is 0 Å². The van der Waals surface area contributed by atoms with Crippen LogP contribution >= 0.6 is 0 Å². The summed E-state index contributed by atoms with van der Waals surface area (Å²) in [4.78, 5) is 0. The van der Waals surface area contributed by atoms with E-state index < -0.39 is 0 Å². The van der Waals surface area contributed by atoms with Gasteiger partial charge in [-0.15, -0.1) is 0 Å². The van der Waals surface area contributed by atoms with E-state index in [-0.39, 0.29) is 6.10 Å². The van der Waals surface area contributed by atoms with Crippen molar-refractivity contribution in [3.63, 3.8) is 0 Å². The van der Waals surface area contributed by atoms with Crippen molar-refractivity contribution in [1.82, 2.24) is 0 Å². The Labute approximate surface area is 119 Å². The smallest absolute Gasteiger partial charge is 0.161 e. The Balaban J connectivity index is 1.54. The fourth-order valence-corrected chi connectivity index (χ4v) is 3.74. The standard InChI is InChI=1S/C17H22O3/c1-10-8-19-15-3-2-11(7-16(15)20-9-10)17(18)14-5-12-4-13(12)6-14/h2-3,7,10,12-14,17-18H,4-6,8-9H2,1H3. The second kappa shape index (κ2) is 4.66. The van der Waals surface area contributed by atoms with Crippen molar-refractivity contribution in [1.29, 1.82) is 0 Å². The van der Waals surface area contributed by atoms with Gasteiger partial charge in [-0.25, -0.2) is 0 Å². The average molecular weight is 274 g/mol. The van der Waals surface area contributed by atoms with Gasteiger partial charge >= 0.3 is 0 Å². The molecular formula is C17H22O3. The maximum atomic E-state index is 10.6. The predicted octanol–water partition coefficient (Wildman–Crippen LogP) is 3.17. The van der Waals surface area contributed by atoms with Crippen molar-refractivity contribution in [3.8, 4) is 11.5 Å². The highest BCUT2D eigenvalue weighted by Gasteiger charge is 2.47. The van der Waals surface area contributed by atoms with Crippen molar-refractivity contribution in [2.75, 3.05) is 13.2 Å². The second-order valence-corrected chi connectivity index (χ2v) is 6.87. The lowest BCUT2D eigenvalue weighted by Crippen LogP contribution is -2.12. The molecule has 1 N–H and O–H groups in total. The lowest BCUT2D eigenvalue weighted by Gasteiger charge is -2.20. The molecule has 2 aliphatic carbocycles. The third kappa shape index (κ3) is 2.18. The topological polar surface area (TPSA) is 38.7 Å². The normalized spacial score (nSPS) is 36.1. The van der Waals surface area contributed by atoms with E-state index in [2.05, 4.69) is 6.92 Å². The van der Waals surface area contributed by atoms with E-state index in [1.807, 2.05) is 18.2 Å². The average Bonchev–Trinajstić information content (AvgIpc) is 3.13. The van der Waals surface area contributed by atoms with Crippen LogP contribution in [0.2, 0.25) is 0 Å². The number of rotatable bonds is 2. The minimum atomic E-state index is -0.350. The highest BCUT2D eigenvalue weighted by atomic mass is 16.5. The number of hydrogen-bond acceptors (Lipinski definition) is 3. The summed E-state index contributed by atoms with van der Waals surface area (Å²) < 4.78 is 11.5. The Morgan fingerprint density at radius 3 is 2.50 bits per heavy atom. The van der Waals surface area contributed by atoms with Gasteiger partial charge in [-0.1, -0.05) is 13.0 Å². The Hall–Kier alpha value is -1.22. The van der Waals surface area contributed by atoms with E-state index >= 15 is 0 Å². The SMILES string of the molecule is CC1COc2ccc(C(O)C3CC4CC4C3)cc2OC1. The third-order valence-electron chi connectivity index (χ3n) is 5.08. The molecule has 3 nitrogen and oxygen atoms in total. The maximum absolute atomic E-state index is 10.6. The number of ether oxygens (including phenoxy) is 2. The van der Waals surface area contributed by atoms with Crippen LogP contribution in [0.15, 0.2) is 18.2 Å². The fraction of sp³-hybridized carbons (Fsp3) is 0.647. The van der Waals surface area contributed by atoms with E-state index in [1.54, 1.807) is 0 Å². The Kier molecular flexibility index (Phi) is 2.92. The quantitative estimate of drug-likeness (QED) is 0.900. The van der Waals surface area contributed by atoms with E-state index in [0.717, 1.165) is 28.9 Å². The summed E-state index contributed by atoms with van der Waals surface area (Å²) in [5, 5.41) is 10.6. The highest BCUT2D eigenvalue weighted by molar-refractivity contribution is 5.44. The zero-order chi connectivity index (χ0) is 13.7. The van der Waals surface area contributed by atoms with Crippen LogP contribution < -0.4 is 9.47 Å². The molecule has 0 spiro atoms. The van der Waals surface area contributed by atoms with Gasteiger partial charge in [0, 0.05) is 5.92 Å². The number of aliphatic hydroxyl groups is 1. The van der Waals surface area contributed by atoms with Crippen LogP contribution in [0, 0.1) is 23.7 Å². The van der Waals surface area contributed by atoms with Crippen molar-refractivity contribution in [2.45, 2.75) is 32.3 Å². The molecule has 1 heterocycles. The lowest BCUT2D eigenvalue weighted by molar-refractivity contribution is 0.104. The van der Waals surface area contributed by atoms with Crippen molar-refractivity contribution in [3.05, 3.63) is 23.8 Å². The highest BCUT2D eigenvalue weighted by Crippen LogP contribution is 2.57. The lowest BCUT2D eigenvalue weighted by atomic mass is 9.91. The molecule has 2 saturated carbocycles. The van der Waals surface area contributed by atoms with Crippen molar-refractivity contribution < 1.29 is 14.6 Å². The van der Waals surface area contributed by atoms with E-state index in [4.69, 9.17) is 9.47 Å². The Morgan fingerprint density at radius 1 is 1.05 bits per heavy atom. The molecule has 3 heteroatoms. The molecule has 108 valence electrons. The summed E-state index contributed by atoms with van der Waals surface area (Å²) in [6.07, 6.45) is 3.43. The Bertz CT molecular complexity index is 503. The molecule has 3 aliphatic rings. The van der Waals surface area contributed by atoms with Crippen molar-refractivity contribution in [2.24, 2.45) is 23.7 Å². The van der Waals surface area contributed by atoms with Gasteiger partial charge in [0.05, 0.1) is 19.3 Å². The maximum Gasteiger partial charge on any atom is 0.161 e. The Morgan fingerprint density at radius 2 is 1.75 bits per heavy atom. The van der Waals surface area contributed by atoms with Crippen LogP contribution in [0.1, 0.15) is 37.9 Å². The van der Waals surface area contributed by atoms with E-state index in [0.29, 0.717) is 25.0 Å². The van der Waals surface area contributed by atoms with E-state index in [1.165, 1.54) is 19.3 Å². The van der Waals surface area contributed by atoms with Gasteiger partial charge < -0.3 is 14.6 Å². The molecule has 1 aromatic carbocycles. The molecule has 1 aliphatic heterocycles. The van der Waals surface area contributed by atoms with Gasteiger partial charge in [-0.2, -0.15) is 0 Å². The molecule has 4 rings (SSSR count). The molecule has 4 atom stereocenters. The monoisotopic (exact) mass is 274 g/mol. The van der Waals surface area contributed by atoms with Crippen LogP contribution in [0.5, 0.6) is 11.5 Å². The van der Waals surface area contributed by atoms with Crippen LogP contribution in [-0.2, 0) is 0 Å². The van der Waals surface area contributed by atoms with Crippen LogP contribution in [0.4, 0.5) is 0 Å². The van der Waals surface area contributed by atoms with Crippen LogP contribution in [0.3, 0.4) is 0 Å². The van der Waals surface area contributed by atoms with Gasteiger partial charge in [0.15, 0.2) is 11.5 Å². The summed E-state index contributed by atoms with van der Waals surface area (Å²) in [5.74, 6) is 4.22. The minimum absolute atomic E-state index is 0.350. The summed E-state index contributed by atoms with van der Waals surface area (Å²) in [7, 11) is 0. The summed E-state index contributed by atoms with van der Waals surface area (Å²) in [6, 6.07) is 5.91. The molecule has 20 heavy (non-hydrogen) atoms. The predicted molar refractivity (Wildman–Crippen MR) is 75.9 cm³/mol. The van der Waals surface area contributed by atoms with Gasteiger partial charge in [-0.05, 0) is 54.7 Å². The number of benzene rings is 1. The molecule has 0 aromatic heterocycles. The number of fused-ring (bicyclic) bond motifs is 2. The number of aliphatic hydroxyl groups excluding tert-OH is 1. The van der Waals surface area contributed by atoms with Crippen LogP contribution in [-0.4, -0.2) is 18.3 Å². The summed E-state index contributed by atoms with van der Waals surface area (Å²) in [5.41, 5.74) is 0.980.